The van der Waals surface area contributed by atoms with E-state index in [-0.39, 0.29) is 24.7 Å². The molecule has 0 aliphatic rings. The lowest BCUT2D eigenvalue weighted by Gasteiger charge is -2.20. The van der Waals surface area contributed by atoms with Crippen molar-refractivity contribution in [3.8, 4) is 0 Å². The molecule has 4 nitrogen and oxygen atoms in total. The second kappa shape index (κ2) is 7.04. The van der Waals surface area contributed by atoms with Gasteiger partial charge in [0.2, 0.25) is 0 Å². The Bertz CT molecular complexity index is 268. The van der Waals surface area contributed by atoms with Crippen molar-refractivity contribution >= 4 is 11.9 Å². The van der Waals surface area contributed by atoms with Crippen LogP contribution in [0.5, 0.6) is 0 Å². The predicted octanol–water partition coefficient (Wildman–Crippen LogP) is 1.94. The molecule has 0 spiro atoms. The lowest BCUT2D eigenvalue weighted by molar-refractivity contribution is -0.151. The van der Waals surface area contributed by atoms with Crippen molar-refractivity contribution in [2.24, 2.45) is 11.8 Å². The monoisotopic (exact) mass is 228 g/mol. The van der Waals surface area contributed by atoms with Gasteiger partial charge in [0.25, 0.3) is 0 Å². The van der Waals surface area contributed by atoms with Gasteiger partial charge in [-0.15, -0.1) is 0 Å². The molecule has 0 aromatic heterocycles. The van der Waals surface area contributed by atoms with Crippen LogP contribution in [0.3, 0.4) is 0 Å². The fraction of sp³-hybridized carbons (Fsp3) is 0.667. The first kappa shape index (κ1) is 14.7. The van der Waals surface area contributed by atoms with E-state index >= 15 is 0 Å². The van der Waals surface area contributed by atoms with E-state index in [9.17, 15) is 9.59 Å². The molecule has 1 atom stereocenters. The fourth-order valence-corrected chi connectivity index (χ4v) is 1.40. The summed E-state index contributed by atoms with van der Waals surface area (Å²) in [5.74, 6) is -1.63. The van der Waals surface area contributed by atoms with E-state index in [2.05, 4.69) is 6.58 Å². The number of ether oxygens (including phenoxy) is 2. The molecule has 0 saturated carbocycles. The van der Waals surface area contributed by atoms with Crippen LogP contribution in [0.4, 0.5) is 0 Å². The van der Waals surface area contributed by atoms with E-state index in [1.54, 1.807) is 13.8 Å². The van der Waals surface area contributed by atoms with Crippen LogP contribution in [0.15, 0.2) is 12.2 Å². The normalized spacial score (nSPS) is 12.1. The summed E-state index contributed by atoms with van der Waals surface area (Å²) in [5.41, 5.74) is 0.162. The molecule has 16 heavy (non-hydrogen) atoms. The van der Waals surface area contributed by atoms with Crippen molar-refractivity contribution < 1.29 is 19.1 Å². The standard InChI is InChI=1S/C12H20O4/c1-6-15-11(13)9(5)10(8(3)4)12(14)16-7-2/h8,10H,5-7H2,1-4H3. The molecule has 0 aromatic carbocycles. The summed E-state index contributed by atoms with van der Waals surface area (Å²) in [6.07, 6.45) is 0. The van der Waals surface area contributed by atoms with Gasteiger partial charge in [-0.3, -0.25) is 4.79 Å². The lowest BCUT2D eigenvalue weighted by Crippen LogP contribution is -2.28. The molecule has 0 rings (SSSR count). The number of hydrogen-bond donors (Lipinski definition) is 0. The van der Waals surface area contributed by atoms with E-state index < -0.39 is 17.9 Å². The van der Waals surface area contributed by atoms with Crippen LogP contribution in [0.2, 0.25) is 0 Å². The van der Waals surface area contributed by atoms with Gasteiger partial charge in [0.15, 0.2) is 0 Å². The van der Waals surface area contributed by atoms with Gasteiger partial charge >= 0.3 is 11.9 Å². The highest BCUT2D eigenvalue weighted by Gasteiger charge is 2.30. The molecule has 0 amide bonds. The van der Waals surface area contributed by atoms with Crippen molar-refractivity contribution in [1.29, 1.82) is 0 Å². The Hall–Kier alpha value is -1.32. The quantitative estimate of drug-likeness (QED) is 0.515. The summed E-state index contributed by atoms with van der Waals surface area (Å²) < 4.78 is 9.72. The number of carbonyl (C=O) groups excluding carboxylic acids is 2. The van der Waals surface area contributed by atoms with Gasteiger partial charge in [-0.05, 0) is 19.8 Å². The maximum Gasteiger partial charge on any atom is 0.334 e. The minimum Gasteiger partial charge on any atom is -0.466 e. The smallest absolute Gasteiger partial charge is 0.334 e. The third-order valence-electron chi connectivity index (χ3n) is 2.12. The molecule has 0 saturated heterocycles. The summed E-state index contributed by atoms with van der Waals surface area (Å²) >= 11 is 0. The van der Waals surface area contributed by atoms with Crippen LogP contribution in [-0.2, 0) is 19.1 Å². The highest BCUT2D eigenvalue weighted by molar-refractivity contribution is 5.95. The Balaban J connectivity index is 4.72. The molecule has 1 unspecified atom stereocenters. The van der Waals surface area contributed by atoms with Gasteiger partial charge in [0.1, 0.15) is 0 Å². The summed E-state index contributed by atoms with van der Waals surface area (Å²) in [5, 5.41) is 0. The topological polar surface area (TPSA) is 52.6 Å². The number of hydrogen-bond acceptors (Lipinski definition) is 4. The Morgan fingerprint density at radius 1 is 1.12 bits per heavy atom. The maximum absolute atomic E-state index is 11.6. The van der Waals surface area contributed by atoms with E-state index in [4.69, 9.17) is 9.47 Å². The first-order chi connectivity index (χ1) is 7.45. The van der Waals surface area contributed by atoms with Crippen molar-refractivity contribution in [3.05, 3.63) is 12.2 Å². The summed E-state index contributed by atoms with van der Waals surface area (Å²) in [4.78, 5) is 23.1. The van der Waals surface area contributed by atoms with Crippen LogP contribution in [0.1, 0.15) is 27.7 Å². The Labute approximate surface area is 96.6 Å². The van der Waals surface area contributed by atoms with E-state index in [0.717, 1.165) is 0 Å². The third-order valence-corrected chi connectivity index (χ3v) is 2.12. The number of esters is 2. The highest BCUT2D eigenvalue weighted by atomic mass is 16.5. The van der Waals surface area contributed by atoms with Crippen LogP contribution in [0, 0.1) is 11.8 Å². The Morgan fingerprint density at radius 3 is 2.00 bits per heavy atom. The van der Waals surface area contributed by atoms with E-state index in [0.29, 0.717) is 0 Å². The van der Waals surface area contributed by atoms with Gasteiger partial charge < -0.3 is 9.47 Å². The largest absolute Gasteiger partial charge is 0.466 e. The molecule has 0 heterocycles. The average Bonchev–Trinajstić information content (AvgIpc) is 2.17. The van der Waals surface area contributed by atoms with Crippen molar-refractivity contribution in [2.45, 2.75) is 27.7 Å². The third kappa shape index (κ3) is 4.04. The Morgan fingerprint density at radius 2 is 1.62 bits per heavy atom. The van der Waals surface area contributed by atoms with Crippen LogP contribution in [-0.4, -0.2) is 25.2 Å². The zero-order valence-electron chi connectivity index (χ0n) is 10.4. The molecule has 0 fully saturated rings. The first-order valence-electron chi connectivity index (χ1n) is 5.48. The molecule has 92 valence electrons. The van der Waals surface area contributed by atoms with E-state index in [1.807, 2.05) is 13.8 Å². The number of rotatable bonds is 6. The van der Waals surface area contributed by atoms with Gasteiger partial charge in [-0.2, -0.15) is 0 Å². The van der Waals surface area contributed by atoms with Gasteiger partial charge in [0.05, 0.1) is 19.1 Å². The zero-order valence-corrected chi connectivity index (χ0v) is 10.4. The molecular weight excluding hydrogens is 208 g/mol. The van der Waals surface area contributed by atoms with Gasteiger partial charge in [-0.25, -0.2) is 4.79 Å². The molecule has 0 aliphatic heterocycles. The molecule has 4 heteroatoms. The summed E-state index contributed by atoms with van der Waals surface area (Å²) in [6.45, 7) is 11.3. The second-order valence-electron chi connectivity index (χ2n) is 3.72. The van der Waals surface area contributed by atoms with Crippen LogP contribution >= 0.6 is 0 Å². The van der Waals surface area contributed by atoms with Gasteiger partial charge in [0, 0.05) is 5.57 Å². The molecule has 0 aliphatic carbocycles. The average molecular weight is 228 g/mol. The van der Waals surface area contributed by atoms with Gasteiger partial charge in [-0.1, -0.05) is 20.4 Å². The summed E-state index contributed by atoms with van der Waals surface area (Å²) in [6, 6.07) is 0. The maximum atomic E-state index is 11.6. The molecule has 0 bridgehead atoms. The first-order valence-corrected chi connectivity index (χ1v) is 5.48. The number of carbonyl (C=O) groups is 2. The highest BCUT2D eigenvalue weighted by Crippen LogP contribution is 2.22. The molecular formula is C12H20O4. The molecule has 0 aromatic rings. The lowest BCUT2D eigenvalue weighted by atomic mass is 9.89. The predicted molar refractivity (Wildman–Crippen MR) is 60.7 cm³/mol. The van der Waals surface area contributed by atoms with Crippen LogP contribution < -0.4 is 0 Å². The molecule has 0 N–H and O–H groups in total. The van der Waals surface area contributed by atoms with Crippen LogP contribution in [0.25, 0.3) is 0 Å². The van der Waals surface area contributed by atoms with Crippen molar-refractivity contribution in [3.63, 3.8) is 0 Å². The van der Waals surface area contributed by atoms with Crippen molar-refractivity contribution in [1.82, 2.24) is 0 Å². The Kier molecular flexibility index (Phi) is 6.46. The fourth-order valence-electron chi connectivity index (χ4n) is 1.40. The minimum atomic E-state index is -0.626. The zero-order chi connectivity index (χ0) is 12.7. The minimum absolute atomic E-state index is 0.0454. The SMILES string of the molecule is C=C(C(=O)OCC)C(C(=O)OCC)C(C)C. The second-order valence-corrected chi connectivity index (χ2v) is 3.72. The summed E-state index contributed by atoms with van der Waals surface area (Å²) in [7, 11) is 0. The molecule has 0 radical (unpaired) electrons. The van der Waals surface area contributed by atoms with Crippen molar-refractivity contribution in [2.75, 3.05) is 13.2 Å². The van der Waals surface area contributed by atoms with E-state index in [1.165, 1.54) is 0 Å².